The van der Waals surface area contributed by atoms with Crippen LogP contribution in [0.25, 0.3) is 10.2 Å². The number of nitrogens with one attached hydrogen (secondary N) is 4. The molecular formula is C38H41N7O6S3. The Hall–Kier alpha value is -5.13. The number of aliphatic hydroxyl groups is 1. The fourth-order valence-electron chi connectivity index (χ4n) is 5.77. The highest BCUT2D eigenvalue weighted by Crippen LogP contribution is 2.33. The number of carbonyl (C=O) groups excluding carboxylic acids is 2. The number of rotatable bonds is 17. The van der Waals surface area contributed by atoms with Crippen molar-refractivity contribution < 1.29 is 27.9 Å². The second-order valence-electron chi connectivity index (χ2n) is 12.0. The number of ether oxygens (including phenoxy) is 1. The summed E-state index contributed by atoms with van der Waals surface area (Å²) < 4.78 is 35.5. The van der Waals surface area contributed by atoms with E-state index in [9.17, 15) is 23.1 Å². The fourth-order valence-corrected chi connectivity index (χ4v) is 9.34. The second kappa shape index (κ2) is 18.8. The smallest absolute Gasteiger partial charge is 0.407 e. The number of sulfonamides is 1. The van der Waals surface area contributed by atoms with Crippen LogP contribution in [-0.2, 0) is 19.6 Å². The van der Waals surface area contributed by atoms with Crippen LogP contribution < -0.4 is 16.0 Å². The SMILES string of the molecule is CN/C=C(/CN([C@H](CO)CSc1ccncc1NC(=O)[C@@H](NC(=O)OC)C(c1ccccc1)c1ccccc1)S(=O)(=O)c1ccc2ncsc2c1)C(C)=N. The third kappa shape index (κ3) is 9.69. The van der Waals surface area contributed by atoms with Gasteiger partial charge in [-0.25, -0.2) is 18.2 Å². The highest BCUT2D eigenvalue weighted by Gasteiger charge is 2.35. The molecule has 3 aromatic carbocycles. The molecule has 0 bridgehead atoms. The zero-order chi connectivity index (χ0) is 38.7. The predicted molar refractivity (Wildman–Crippen MR) is 213 cm³/mol. The van der Waals surface area contributed by atoms with E-state index in [1.807, 2.05) is 60.7 Å². The molecule has 5 aromatic rings. The Morgan fingerprint density at radius 1 is 1.06 bits per heavy atom. The molecule has 16 heteroatoms. The van der Waals surface area contributed by atoms with Gasteiger partial charge in [0.1, 0.15) is 6.04 Å². The van der Waals surface area contributed by atoms with Crippen LogP contribution in [0.3, 0.4) is 0 Å². The van der Waals surface area contributed by atoms with Crippen molar-refractivity contribution in [2.24, 2.45) is 0 Å². The number of nitrogens with zero attached hydrogens (tertiary/aromatic N) is 3. The van der Waals surface area contributed by atoms with Gasteiger partial charge in [-0.05, 0) is 42.3 Å². The first-order chi connectivity index (χ1) is 26.1. The van der Waals surface area contributed by atoms with E-state index >= 15 is 0 Å². The molecule has 0 aliphatic heterocycles. The van der Waals surface area contributed by atoms with E-state index in [-0.39, 0.29) is 22.9 Å². The van der Waals surface area contributed by atoms with Crippen molar-refractivity contribution in [1.29, 1.82) is 5.41 Å². The molecule has 2 aromatic heterocycles. The van der Waals surface area contributed by atoms with Crippen LogP contribution in [0, 0.1) is 5.41 Å². The minimum Gasteiger partial charge on any atom is -0.453 e. The lowest BCUT2D eigenvalue weighted by Gasteiger charge is -2.31. The minimum atomic E-state index is -4.21. The quantitative estimate of drug-likeness (QED) is 0.0598. The molecular weight excluding hydrogens is 747 g/mol. The largest absolute Gasteiger partial charge is 0.453 e. The fraction of sp³-hybridized carbons (Fsp3) is 0.237. The molecule has 0 saturated heterocycles. The zero-order valence-electron chi connectivity index (χ0n) is 29.8. The normalized spacial score (nSPS) is 13.0. The molecule has 282 valence electrons. The highest BCUT2D eigenvalue weighted by molar-refractivity contribution is 7.99. The van der Waals surface area contributed by atoms with Crippen LogP contribution in [0.15, 0.2) is 124 Å². The molecule has 0 aliphatic carbocycles. The summed E-state index contributed by atoms with van der Waals surface area (Å²) >= 11 is 2.53. The molecule has 0 aliphatic rings. The van der Waals surface area contributed by atoms with Gasteiger partial charge in [-0.3, -0.25) is 9.78 Å². The first kappa shape index (κ1) is 40.1. The number of amides is 2. The number of benzene rings is 3. The number of thioether (sulfide) groups is 1. The number of methoxy groups -OCH3 is 1. The monoisotopic (exact) mass is 787 g/mol. The highest BCUT2D eigenvalue weighted by atomic mass is 32.2. The Morgan fingerprint density at radius 2 is 1.74 bits per heavy atom. The van der Waals surface area contributed by atoms with Gasteiger partial charge in [-0.1, -0.05) is 60.7 Å². The molecule has 5 rings (SSSR count). The first-order valence-electron chi connectivity index (χ1n) is 16.8. The second-order valence-corrected chi connectivity index (χ2v) is 15.9. The molecule has 2 heterocycles. The van der Waals surface area contributed by atoms with Gasteiger partial charge in [-0.15, -0.1) is 23.1 Å². The van der Waals surface area contributed by atoms with E-state index in [1.165, 1.54) is 53.0 Å². The Morgan fingerprint density at radius 3 is 2.35 bits per heavy atom. The first-order valence-corrected chi connectivity index (χ1v) is 20.1. The lowest BCUT2D eigenvalue weighted by Crippen LogP contribution is -2.48. The number of aromatic nitrogens is 2. The number of hydrogen-bond donors (Lipinski definition) is 5. The van der Waals surface area contributed by atoms with Gasteiger partial charge < -0.3 is 31.2 Å². The molecule has 0 spiro atoms. The van der Waals surface area contributed by atoms with Crippen molar-refractivity contribution in [2.75, 3.05) is 38.4 Å². The molecule has 54 heavy (non-hydrogen) atoms. The number of fused-ring (bicyclic) bond motifs is 1. The lowest BCUT2D eigenvalue weighted by atomic mass is 9.84. The van der Waals surface area contributed by atoms with Gasteiger partial charge in [0.25, 0.3) is 0 Å². The molecule has 5 N–H and O–H groups in total. The summed E-state index contributed by atoms with van der Waals surface area (Å²) in [6.45, 7) is 0.841. The van der Waals surface area contributed by atoms with Gasteiger partial charge in [0, 0.05) is 53.8 Å². The molecule has 13 nitrogen and oxygen atoms in total. The van der Waals surface area contributed by atoms with Crippen LogP contribution >= 0.6 is 23.1 Å². The third-order valence-electron chi connectivity index (χ3n) is 8.52. The van der Waals surface area contributed by atoms with Crippen molar-refractivity contribution in [3.05, 3.63) is 126 Å². The Kier molecular flexibility index (Phi) is 13.9. The van der Waals surface area contributed by atoms with E-state index < -0.39 is 46.6 Å². The molecule has 0 radical (unpaired) electrons. The van der Waals surface area contributed by atoms with E-state index in [1.54, 1.807) is 43.9 Å². The number of hydrogen-bond acceptors (Lipinski definition) is 12. The summed E-state index contributed by atoms with van der Waals surface area (Å²) in [4.78, 5) is 35.9. The number of thiazole rings is 1. The van der Waals surface area contributed by atoms with Crippen molar-refractivity contribution in [2.45, 2.75) is 34.7 Å². The maximum Gasteiger partial charge on any atom is 0.407 e. The third-order valence-corrected chi connectivity index (χ3v) is 12.4. The van der Waals surface area contributed by atoms with E-state index in [0.717, 1.165) is 11.1 Å². The number of carbonyl (C=O) groups is 2. The van der Waals surface area contributed by atoms with Crippen LogP contribution in [0.5, 0.6) is 0 Å². The summed E-state index contributed by atoms with van der Waals surface area (Å²) in [5.41, 5.74) is 4.77. The summed E-state index contributed by atoms with van der Waals surface area (Å²) in [5, 5.41) is 27.6. The maximum absolute atomic E-state index is 14.3. The van der Waals surface area contributed by atoms with Crippen molar-refractivity contribution in [1.82, 2.24) is 24.9 Å². The predicted octanol–water partition coefficient (Wildman–Crippen LogP) is 5.47. The minimum absolute atomic E-state index is 0.0292. The summed E-state index contributed by atoms with van der Waals surface area (Å²) in [7, 11) is -1.33. The average Bonchev–Trinajstić information content (AvgIpc) is 3.66. The summed E-state index contributed by atoms with van der Waals surface area (Å²) in [5.74, 6) is -1.08. The topological polar surface area (TPSA) is 187 Å². The molecule has 0 unspecified atom stereocenters. The Labute approximate surface area is 322 Å². The number of alkyl carbamates (subject to hydrolysis) is 1. The Balaban J connectivity index is 1.45. The maximum atomic E-state index is 14.3. The van der Waals surface area contributed by atoms with E-state index in [2.05, 4.69) is 25.9 Å². The van der Waals surface area contributed by atoms with Crippen molar-refractivity contribution >= 4 is 66.7 Å². The summed E-state index contributed by atoms with van der Waals surface area (Å²) in [6, 6.07) is 22.9. The van der Waals surface area contributed by atoms with Crippen molar-refractivity contribution in [3.63, 3.8) is 0 Å². The molecule has 0 fully saturated rings. The van der Waals surface area contributed by atoms with Crippen LogP contribution in [0.4, 0.5) is 10.5 Å². The molecule has 2 atom stereocenters. The average molecular weight is 788 g/mol. The zero-order valence-corrected chi connectivity index (χ0v) is 32.3. The van der Waals surface area contributed by atoms with Gasteiger partial charge in [-0.2, -0.15) is 4.31 Å². The van der Waals surface area contributed by atoms with Crippen LogP contribution in [0.2, 0.25) is 0 Å². The van der Waals surface area contributed by atoms with Gasteiger partial charge in [0.05, 0.1) is 52.3 Å². The number of anilines is 1. The molecule has 2 amide bonds. The van der Waals surface area contributed by atoms with Crippen LogP contribution in [0.1, 0.15) is 24.0 Å². The number of aliphatic hydroxyl groups excluding tert-OH is 1. The number of pyridine rings is 1. The molecule has 0 saturated carbocycles. The van der Waals surface area contributed by atoms with Gasteiger partial charge >= 0.3 is 6.09 Å². The van der Waals surface area contributed by atoms with Crippen LogP contribution in [-0.4, -0.2) is 90.7 Å². The van der Waals surface area contributed by atoms with E-state index in [4.69, 9.17) is 10.1 Å². The Bertz CT molecular complexity index is 2160. The lowest BCUT2D eigenvalue weighted by molar-refractivity contribution is -0.118. The van der Waals surface area contributed by atoms with E-state index in [0.29, 0.717) is 26.4 Å². The van der Waals surface area contributed by atoms with Gasteiger partial charge in [0.15, 0.2) is 0 Å². The van der Waals surface area contributed by atoms with Crippen molar-refractivity contribution in [3.8, 4) is 0 Å². The van der Waals surface area contributed by atoms with Gasteiger partial charge in [0.2, 0.25) is 15.9 Å². The standard InChI is InChI=1S/C38H41N7O6S3/c1-25(39)28(19-40-2)21-45(54(49,50)30-14-15-31-34(18-30)53-24-42-31)29(22-46)23-52-33-16-17-41-20-32(33)43-37(47)36(44-38(48)51-3)35(26-10-6-4-7-11-26)27-12-8-5-9-13-27/h4-20,24,29,35-36,39-40,46H,21-23H2,1-3H3,(H,43,47)(H,44,48)/b28-19-,39-25?/t29-,36+/m1/s1. The summed E-state index contributed by atoms with van der Waals surface area (Å²) in [6.07, 6.45) is 3.78.